The van der Waals surface area contributed by atoms with Gasteiger partial charge in [-0.25, -0.2) is 4.98 Å². The number of aromatic nitrogens is 2. The Hall–Kier alpha value is -2.18. The summed E-state index contributed by atoms with van der Waals surface area (Å²) in [6.45, 7) is 2.46. The lowest BCUT2D eigenvalue weighted by atomic mass is 9.91. The van der Waals surface area contributed by atoms with Crippen LogP contribution in [0.4, 0.5) is 0 Å². The van der Waals surface area contributed by atoms with Gasteiger partial charge in [0.2, 0.25) is 0 Å². The van der Waals surface area contributed by atoms with E-state index in [1.54, 1.807) is 12.5 Å². The number of nitrogens with zero attached hydrogens (tertiary/aromatic N) is 3. The van der Waals surface area contributed by atoms with Crippen LogP contribution in [0.3, 0.4) is 0 Å². The molecule has 2 N–H and O–H groups in total. The molecule has 0 bridgehead atoms. The first kappa shape index (κ1) is 17.2. The zero-order chi connectivity index (χ0) is 18.0. The Labute approximate surface area is 153 Å². The fourth-order valence-corrected chi connectivity index (χ4v) is 3.73. The Morgan fingerprint density at radius 1 is 1.31 bits per heavy atom. The first-order valence-electron chi connectivity index (χ1n) is 9.44. The smallest absolute Gasteiger partial charge is 0.255 e. The molecule has 1 amide bonds. The van der Waals surface area contributed by atoms with Crippen molar-refractivity contribution in [3.63, 3.8) is 0 Å². The lowest BCUT2D eigenvalue weighted by Gasteiger charge is -2.38. The molecule has 6 heteroatoms. The summed E-state index contributed by atoms with van der Waals surface area (Å²) in [4.78, 5) is 18.7. The lowest BCUT2D eigenvalue weighted by Crippen LogP contribution is -2.58. The summed E-state index contributed by atoms with van der Waals surface area (Å²) in [6.07, 6.45) is 9.25. The fraction of sp³-hybridized carbons (Fsp3) is 0.500. The fourth-order valence-electron chi connectivity index (χ4n) is 3.73. The van der Waals surface area contributed by atoms with E-state index in [0.29, 0.717) is 18.9 Å². The summed E-state index contributed by atoms with van der Waals surface area (Å²) in [7, 11) is 0. The summed E-state index contributed by atoms with van der Waals surface area (Å²) in [5, 5.41) is 14.2. The molecule has 1 saturated heterocycles. The van der Waals surface area contributed by atoms with Crippen molar-refractivity contribution in [3.8, 4) is 5.69 Å². The molecule has 2 heterocycles. The summed E-state index contributed by atoms with van der Waals surface area (Å²) in [5.41, 5.74) is 0.874. The zero-order valence-corrected chi connectivity index (χ0v) is 15.0. The van der Waals surface area contributed by atoms with Crippen molar-refractivity contribution in [2.45, 2.75) is 37.8 Å². The average Bonchev–Trinajstić information content (AvgIpc) is 3.29. The highest BCUT2D eigenvalue weighted by Crippen LogP contribution is 2.32. The maximum Gasteiger partial charge on any atom is 0.255 e. The maximum absolute atomic E-state index is 12.7. The Bertz CT molecular complexity index is 757. The molecule has 6 nitrogen and oxygen atoms in total. The van der Waals surface area contributed by atoms with Crippen LogP contribution in [0, 0.1) is 5.92 Å². The van der Waals surface area contributed by atoms with E-state index < -0.39 is 5.60 Å². The summed E-state index contributed by atoms with van der Waals surface area (Å²) in [5.74, 6) is 0.544. The topological polar surface area (TPSA) is 70.4 Å². The van der Waals surface area contributed by atoms with Crippen molar-refractivity contribution in [1.29, 1.82) is 0 Å². The number of carbonyl (C=O) groups is 1. The largest absolute Gasteiger partial charge is 0.379 e. The second-order valence-corrected chi connectivity index (χ2v) is 7.53. The zero-order valence-electron chi connectivity index (χ0n) is 15.0. The van der Waals surface area contributed by atoms with E-state index in [-0.39, 0.29) is 12.5 Å². The minimum Gasteiger partial charge on any atom is -0.379 e. The highest BCUT2D eigenvalue weighted by molar-refractivity contribution is 5.86. The number of rotatable bonds is 7. The molecule has 4 rings (SSSR count). The van der Waals surface area contributed by atoms with Gasteiger partial charge in [-0.05, 0) is 43.2 Å². The van der Waals surface area contributed by atoms with Gasteiger partial charge in [0.15, 0.2) is 5.60 Å². The van der Waals surface area contributed by atoms with Gasteiger partial charge in [0.1, 0.15) is 0 Å². The van der Waals surface area contributed by atoms with Gasteiger partial charge in [-0.1, -0.05) is 18.2 Å². The molecule has 1 aliphatic heterocycles. The summed E-state index contributed by atoms with van der Waals surface area (Å²) in [6, 6.07) is 8.08. The van der Waals surface area contributed by atoms with E-state index in [9.17, 15) is 9.90 Å². The van der Waals surface area contributed by atoms with E-state index in [1.807, 2.05) is 33.9 Å². The third kappa shape index (κ3) is 3.66. The van der Waals surface area contributed by atoms with E-state index in [2.05, 4.69) is 16.4 Å². The first-order valence-corrected chi connectivity index (χ1v) is 9.44. The normalized spacial score (nSPS) is 23.4. The molecule has 0 spiro atoms. The van der Waals surface area contributed by atoms with Crippen molar-refractivity contribution >= 4 is 5.91 Å². The van der Waals surface area contributed by atoms with Crippen LogP contribution < -0.4 is 5.32 Å². The third-order valence-corrected chi connectivity index (χ3v) is 5.39. The van der Waals surface area contributed by atoms with Crippen LogP contribution in [0.25, 0.3) is 5.69 Å². The molecule has 1 aromatic carbocycles. The summed E-state index contributed by atoms with van der Waals surface area (Å²) < 4.78 is 1.97. The second-order valence-electron chi connectivity index (χ2n) is 7.53. The van der Waals surface area contributed by atoms with Gasteiger partial charge >= 0.3 is 0 Å². The van der Waals surface area contributed by atoms with Crippen LogP contribution in [0.1, 0.15) is 31.2 Å². The number of hydrogen-bond acceptors (Lipinski definition) is 4. The molecule has 2 fully saturated rings. The van der Waals surface area contributed by atoms with Gasteiger partial charge in [-0.2, -0.15) is 0 Å². The van der Waals surface area contributed by atoms with Crippen molar-refractivity contribution in [1.82, 2.24) is 19.8 Å². The van der Waals surface area contributed by atoms with E-state index >= 15 is 0 Å². The molecular formula is C20H26N4O2. The predicted octanol–water partition coefficient (Wildman–Crippen LogP) is 1.73. The minimum absolute atomic E-state index is 0.106. The number of piperidine rings is 1. The number of para-hydroxylation sites is 1. The minimum atomic E-state index is -1.28. The van der Waals surface area contributed by atoms with Gasteiger partial charge in [0, 0.05) is 38.6 Å². The van der Waals surface area contributed by atoms with Crippen LogP contribution >= 0.6 is 0 Å². The number of benzene rings is 1. The Balaban J connectivity index is 1.39. The van der Waals surface area contributed by atoms with Crippen molar-refractivity contribution < 1.29 is 9.90 Å². The van der Waals surface area contributed by atoms with Crippen molar-refractivity contribution in [2.24, 2.45) is 5.92 Å². The number of carbonyl (C=O) groups excluding carboxylic acids is 1. The third-order valence-electron chi connectivity index (χ3n) is 5.39. The first-order chi connectivity index (χ1) is 12.7. The maximum atomic E-state index is 12.7. The summed E-state index contributed by atoms with van der Waals surface area (Å²) >= 11 is 0. The Kier molecular flexibility index (Phi) is 4.78. The van der Waals surface area contributed by atoms with Crippen LogP contribution in [-0.4, -0.2) is 50.7 Å². The Morgan fingerprint density at radius 3 is 2.92 bits per heavy atom. The molecule has 1 aliphatic carbocycles. The number of hydrogen-bond donors (Lipinski definition) is 2. The van der Waals surface area contributed by atoms with Gasteiger partial charge in [0.25, 0.3) is 5.91 Å². The Morgan fingerprint density at radius 2 is 2.15 bits per heavy atom. The monoisotopic (exact) mass is 354 g/mol. The SMILES string of the molecule is O=C1N(CC2CC2)CCCC1(O)CNCc1ccccc1-n1ccnc1. The number of nitrogens with one attached hydrogen (secondary N) is 1. The van der Waals surface area contributed by atoms with Crippen LogP contribution in [0.5, 0.6) is 0 Å². The quantitative estimate of drug-likeness (QED) is 0.794. The van der Waals surface area contributed by atoms with Gasteiger partial charge in [0.05, 0.1) is 12.0 Å². The van der Waals surface area contributed by atoms with Gasteiger partial charge in [-0.3, -0.25) is 4.79 Å². The number of aliphatic hydroxyl groups is 1. The molecule has 0 radical (unpaired) electrons. The van der Waals surface area contributed by atoms with Crippen molar-refractivity contribution in [2.75, 3.05) is 19.6 Å². The number of likely N-dealkylation sites (tertiary alicyclic amines) is 1. The van der Waals surface area contributed by atoms with Gasteiger partial charge in [-0.15, -0.1) is 0 Å². The van der Waals surface area contributed by atoms with E-state index in [0.717, 1.165) is 30.8 Å². The van der Waals surface area contributed by atoms with E-state index in [4.69, 9.17) is 0 Å². The molecule has 26 heavy (non-hydrogen) atoms. The lowest BCUT2D eigenvalue weighted by molar-refractivity contribution is -0.156. The highest BCUT2D eigenvalue weighted by atomic mass is 16.3. The number of imidazole rings is 1. The molecule has 1 saturated carbocycles. The standard InChI is InChI=1S/C20H26N4O2/c25-19-20(26,8-3-10-23(19)13-16-6-7-16)14-22-12-17-4-1-2-5-18(17)24-11-9-21-15-24/h1-2,4-5,9,11,15-16,22,26H,3,6-8,10,12-14H2. The predicted molar refractivity (Wildman–Crippen MR) is 98.8 cm³/mol. The molecule has 2 aromatic rings. The molecular weight excluding hydrogens is 328 g/mol. The molecule has 1 aromatic heterocycles. The van der Waals surface area contributed by atoms with Crippen LogP contribution in [0.15, 0.2) is 43.0 Å². The van der Waals surface area contributed by atoms with Crippen LogP contribution in [0.2, 0.25) is 0 Å². The molecule has 1 atom stereocenters. The van der Waals surface area contributed by atoms with Crippen molar-refractivity contribution in [3.05, 3.63) is 48.5 Å². The van der Waals surface area contributed by atoms with E-state index in [1.165, 1.54) is 12.8 Å². The molecule has 2 aliphatic rings. The average molecular weight is 354 g/mol. The highest BCUT2D eigenvalue weighted by Gasteiger charge is 2.43. The second kappa shape index (κ2) is 7.21. The van der Waals surface area contributed by atoms with Crippen LogP contribution in [-0.2, 0) is 11.3 Å². The number of amides is 1. The molecule has 1 unspecified atom stereocenters. The molecule has 138 valence electrons. The van der Waals surface area contributed by atoms with Gasteiger partial charge < -0.3 is 19.9 Å².